The molecule has 84 valence electrons. The zero-order valence-corrected chi connectivity index (χ0v) is 9.13. The van der Waals surface area contributed by atoms with Crippen molar-refractivity contribution in [3.8, 4) is 0 Å². The highest BCUT2D eigenvalue weighted by Crippen LogP contribution is 2.19. The van der Waals surface area contributed by atoms with Gasteiger partial charge in [0.25, 0.3) is 0 Å². The molecule has 0 aliphatic carbocycles. The summed E-state index contributed by atoms with van der Waals surface area (Å²) in [6.45, 7) is 4.57. The Balaban J connectivity index is 2.82. The lowest BCUT2D eigenvalue weighted by Crippen LogP contribution is -2.22. The van der Waals surface area contributed by atoms with E-state index in [0.29, 0.717) is 24.4 Å². The predicted octanol–water partition coefficient (Wildman–Crippen LogP) is 2.74. The molecule has 15 heavy (non-hydrogen) atoms. The van der Waals surface area contributed by atoms with Crippen LogP contribution in [0.3, 0.4) is 0 Å². The van der Waals surface area contributed by atoms with Crippen LogP contribution in [0.2, 0.25) is 0 Å². The van der Waals surface area contributed by atoms with Crippen molar-refractivity contribution in [3.05, 3.63) is 35.4 Å². The molecule has 0 bridgehead atoms. The highest BCUT2D eigenvalue weighted by atomic mass is 19.1. The van der Waals surface area contributed by atoms with Crippen molar-refractivity contribution in [3.63, 3.8) is 0 Å². The first kappa shape index (κ1) is 12.1. The first-order chi connectivity index (χ1) is 7.04. The van der Waals surface area contributed by atoms with Crippen molar-refractivity contribution < 1.29 is 8.78 Å². The SMILES string of the molecule is CC(C)C(CN)Cc1cc(F)ccc1F. The summed E-state index contributed by atoms with van der Waals surface area (Å²) in [6, 6.07) is 3.55. The van der Waals surface area contributed by atoms with Crippen LogP contribution in [0.5, 0.6) is 0 Å². The van der Waals surface area contributed by atoms with E-state index in [-0.39, 0.29) is 11.7 Å². The monoisotopic (exact) mass is 213 g/mol. The Morgan fingerprint density at radius 1 is 1.27 bits per heavy atom. The number of hydrogen-bond donors (Lipinski definition) is 1. The van der Waals surface area contributed by atoms with Gasteiger partial charge in [0.15, 0.2) is 0 Å². The van der Waals surface area contributed by atoms with Gasteiger partial charge in [-0.05, 0) is 48.6 Å². The fourth-order valence-corrected chi connectivity index (χ4v) is 1.57. The van der Waals surface area contributed by atoms with Gasteiger partial charge in [0.2, 0.25) is 0 Å². The van der Waals surface area contributed by atoms with Gasteiger partial charge in [-0.3, -0.25) is 0 Å². The van der Waals surface area contributed by atoms with Crippen LogP contribution in [0.1, 0.15) is 19.4 Å². The van der Waals surface area contributed by atoms with E-state index in [2.05, 4.69) is 0 Å². The molecule has 1 aromatic carbocycles. The summed E-state index contributed by atoms with van der Waals surface area (Å²) in [5.74, 6) is -0.180. The lowest BCUT2D eigenvalue weighted by atomic mass is 9.89. The van der Waals surface area contributed by atoms with E-state index < -0.39 is 5.82 Å². The summed E-state index contributed by atoms with van der Waals surface area (Å²) < 4.78 is 26.2. The van der Waals surface area contributed by atoms with Crippen molar-refractivity contribution in [1.82, 2.24) is 0 Å². The third-order valence-corrected chi connectivity index (χ3v) is 2.74. The van der Waals surface area contributed by atoms with Crippen LogP contribution in [0, 0.1) is 23.5 Å². The lowest BCUT2D eigenvalue weighted by molar-refractivity contribution is 0.385. The van der Waals surface area contributed by atoms with E-state index in [9.17, 15) is 8.78 Å². The maximum atomic E-state index is 13.3. The Bertz CT molecular complexity index is 323. The zero-order chi connectivity index (χ0) is 11.4. The molecule has 0 saturated heterocycles. The van der Waals surface area contributed by atoms with Gasteiger partial charge in [-0.2, -0.15) is 0 Å². The molecule has 3 heteroatoms. The van der Waals surface area contributed by atoms with Crippen LogP contribution in [-0.4, -0.2) is 6.54 Å². The van der Waals surface area contributed by atoms with Gasteiger partial charge in [0, 0.05) is 0 Å². The molecule has 0 amide bonds. The molecule has 0 aromatic heterocycles. The molecule has 0 spiro atoms. The predicted molar refractivity (Wildman–Crippen MR) is 57.4 cm³/mol. The minimum Gasteiger partial charge on any atom is -0.330 e. The maximum absolute atomic E-state index is 13.3. The fraction of sp³-hybridized carbons (Fsp3) is 0.500. The zero-order valence-electron chi connectivity index (χ0n) is 9.13. The summed E-state index contributed by atoms with van der Waals surface area (Å²) in [6.07, 6.45) is 0.498. The molecule has 0 fully saturated rings. The number of halogens is 2. The molecule has 0 radical (unpaired) electrons. The second-order valence-electron chi connectivity index (χ2n) is 4.18. The molecule has 1 nitrogen and oxygen atoms in total. The smallest absolute Gasteiger partial charge is 0.126 e. The van der Waals surface area contributed by atoms with Crippen LogP contribution in [0.15, 0.2) is 18.2 Å². The summed E-state index contributed by atoms with van der Waals surface area (Å²) in [4.78, 5) is 0. The molecule has 0 saturated carbocycles. The maximum Gasteiger partial charge on any atom is 0.126 e. The number of benzene rings is 1. The highest BCUT2D eigenvalue weighted by molar-refractivity contribution is 5.19. The minimum atomic E-state index is -0.397. The Labute approximate surface area is 89.3 Å². The first-order valence-corrected chi connectivity index (χ1v) is 5.18. The van der Waals surface area contributed by atoms with Crippen molar-refractivity contribution in [1.29, 1.82) is 0 Å². The second kappa shape index (κ2) is 5.21. The van der Waals surface area contributed by atoms with E-state index in [1.807, 2.05) is 13.8 Å². The number of nitrogens with two attached hydrogens (primary N) is 1. The molecule has 1 aromatic rings. The first-order valence-electron chi connectivity index (χ1n) is 5.18. The summed E-state index contributed by atoms with van der Waals surface area (Å²) in [7, 11) is 0. The van der Waals surface area contributed by atoms with Crippen LogP contribution in [0.25, 0.3) is 0 Å². The molecular weight excluding hydrogens is 196 g/mol. The minimum absolute atomic E-state index is 0.196. The van der Waals surface area contributed by atoms with Gasteiger partial charge in [-0.15, -0.1) is 0 Å². The third-order valence-electron chi connectivity index (χ3n) is 2.74. The summed E-state index contributed by atoms with van der Waals surface area (Å²) in [5, 5.41) is 0. The molecule has 1 rings (SSSR count). The molecule has 2 N–H and O–H groups in total. The van der Waals surface area contributed by atoms with Crippen molar-refractivity contribution in [2.45, 2.75) is 20.3 Å². The van der Waals surface area contributed by atoms with Gasteiger partial charge in [0.05, 0.1) is 0 Å². The Kier molecular flexibility index (Phi) is 4.21. The molecule has 0 aliphatic rings. The lowest BCUT2D eigenvalue weighted by Gasteiger charge is -2.19. The molecular formula is C12H17F2N. The van der Waals surface area contributed by atoms with Gasteiger partial charge in [0.1, 0.15) is 11.6 Å². The van der Waals surface area contributed by atoms with E-state index in [0.717, 1.165) is 6.07 Å². The summed E-state index contributed by atoms with van der Waals surface area (Å²) in [5.41, 5.74) is 6.01. The average Bonchev–Trinajstić information content (AvgIpc) is 2.18. The number of rotatable bonds is 4. The Morgan fingerprint density at radius 3 is 2.47 bits per heavy atom. The number of hydrogen-bond acceptors (Lipinski definition) is 1. The van der Waals surface area contributed by atoms with Gasteiger partial charge in [-0.25, -0.2) is 8.78 Å². The normalized spacial score (nSPS) is 13.2. The summed E-state index contributed by atoms with van der Waals surface area (Å²) >= 11 is 0. The molecule has 1 atom stereocenters. The van der Waals surface area contributed by atoms with Crippen molar-refractivity contribution in [2.24, 2.45) is 17.6 Å². The van der Waals surface area contributed by atoms with Crippen molar-refractivity contribution >= 4 is 0 Å². The van der Waals surface area contributed by atoms with Crippen LogP contribution < -0.4 is 5.73 Å². The van der Waals surface area contributed by atoms with E-state index in [4.69, 9.17) is 5.73 Å². The van der Waals surface area contributed by atoms with Crippen molar-refractivity contribution in [2.75, 3.05) is 6.54 Å². The standard InChI is InChI=1S/C12H17F2N/c1-8(2)10(7-15)5-9-6-11(13)3-4-12(9)14/h3-4,6,8,10H,5,7,15H2,1-2H3. The van der Waals surface area contributed by atoms with E-state index >= 15 is 0 Å². The highest BCUT2D eigenvalue weighted by Gasteiger charge is 2.14. The Hall–Kier alpha value is -0.960. The third kappa shape index (κ3) is 3.27. The Morgan fingerprint density at radius 2 is 1.93 bits per heavy atom. The van der Waals surface area contributed by atoms with Crippen LogP contribution >= 0.6 is 0 Å². The topological polar surface area (TPSA) is 26.0 Å². The average molecular weight is 213 g/mol. The fourth-order valence-electron chi connectivity index (χ4n) is 1.57. The van der Waals surface area contributed by atoms with E-state index in [1.54, 1.807) is 0 Å². The van der Waals surface area contributed by atoms with Gasteiger partial charge in [-0.1, -0.05) is 13.8 Å². The molecule has 1 unspecified atom stereocenters. The van der Waals surface area contributed by atoms with E-state index in [1.165, 1.54) is 12.1 Å². The van der Waals surface area contributed by atoms with Crippen LogP contribution in [0.4, 0.5) is 8.78 Å². The second-order valence-corrected chi connectivity index (χ2v) is 4.18. The van der Waals surface area contributed by atoms with Gasteiger partial charge < -0.3 is 5.73 Å². The largest absolute Gasteiger partial charge is 0.330 e. The quantitative estimate of drug-likeness (QED) is 0.817. The van der Waals surface area contributed by atoms with Gasteiger partial charge >= 0.3 is 0 Å². The molecule has 0 aliphatic heterocycles. The van der Waals surface area contributed by atoms with Crippen LogP contribution in [-0.2, 0) is 6.42 Å². The molecule has 0 heterocycles.